The summed E-state index contributed by atoms with van der Waals surface area (Å²) in [5, 5.41) is 2.98. The van der Waals surface area contributed by atoms with E-state index in [9.17, 15) is 4.79 Å². The predicted octanol–water partition coefficient (Wildman–Crippen LogP) is 1.75. The summed E-state index contributed by atoms with van der Waals surface area (Å²) in [5.74, 6) is 1.02. The first-order valence-corrected chi connectivity index (χ1v) is 5.96. The summed E-state index contributed by atoms with van der Waals surface area (Å²) in [4.78, 5) is 15.9. The number of aromatic nitrogens is 2. The van der Waals surface area contributed by atoms with Gasteiger partial charge in [0.2, 0.25) is 5.91 Å². The Hall–Kier alpha value is -1.32. The van der Waals surface area contributed by atoms with Gasteiger partial charge in [0.25, 0.3) is 0 Å². The van der Waals surface area contributed by atoms with Gasteiger partial charge in [-0.15, -0.1) is 0 Å². The average Bonchev–Trinajstić information content (AvgIpc) is 2.65. The molecule has 90 valence electrons. The highest BCUT2D eigenvalue weighted by Gasteiger charge is 2.08. The molecule has 0 bridgehead atoms. The molecule has 0 aromatic carbocycles. The second kappa shape index (κ2) is 6.30. The molecule has 1 aromatic rings. The molecule has 4 heteroatoms. The van der Waals surface area contributed by atoms with Gasteiger partial charge >= 0.3 is 0 Å². The van der Waals surface area contributed by atoms with Crippen LogP contribution in [0.4, 0.5) is 0 Å². The van der Waals surface area contributed by atoms with Gasteiger partial charge in [0.15, 0.2) is 0 Å². The fourth-order valence-corrected chi connectivity index (χ4v) is 1.78. The highest BCUT2D eigenvalue weighted by atomic mass is 16.2. The van der Waals surface area contributed by atoms with Gasteiger partial charge in [-0.05, 0) is 13.3 Å². The zero-order chi connectivity index (χ0) is 12.0. The van der Waals surface area contributed by atoms with Crippen LogP contribution in [-0.2, 0) is 17.8 Å². The van der Waals surface area contributed by atoms with Crippen molar-refractivity contribution in [1.82, 2.24) is 14.9 Å². The zero-order valence-electron chi connectivity index (χ0n) is 10.4. The Labute approximate surface area is 97.1 Å². The van der Waals surface area contributed by atoms with Crippen LogP contribution >= 0.6 is 0 Å². The Morgan fingerprint density at radius 2 is 2.31 bits per heavy atom. The molecular weight excluding hydrogens is 202 g/mol. The average molecular weight is 223 g/mol. The molecule has 1 unspecified atom stereocenters. The van der Waals surface area contributed by atoms with Crippen LogP contribution < -0.4 is 5.32 Å². The number of imidazole rings is 1. The largest absolute Gasteiger partial charge is 0.352 e. The molecule has 1 rings (SSSR count). The smallest absolute Gasteiger partial charge is 0.240 e. The van der Waals surface area contributed by atoms with Crippen LogP contribution in [0.1, 0.15) is 39.4 Å². The standard InChI is InChI=1S/C12H21N3O/c1-4-6-10(3)14-12(16)9-15-8-7-13-11(15)5-2/h7-8,10H,4-6,9H2,1-3H3,(H,14,16). The molecule has 0 aliphatic heterocycles. The maximum absolute atomic E-state index is 11.7. The summed E-state index contributed by atoms with van der Waals surface area (Å²) in [5.41, 5.74) is 0. The molecule has 16 heavy (non-hydrogen) atoms. The van der Waals surface area contributed by atoms with Gasteiger partial charge < -0.3 is 9.88 Å². The molecule has 0 aliphatic rings. The van der Waals surface area contributed by atoms with Crippen LogP contribution in [0, 0.1) is 0 Å². The molecule has 1 amide bonds. The fraction of sp³-hybridized carbons (Fsp3) is 0.667. The Morgan fingerprint density at radius 1 is 1.56 bits per heavy atom. The number of nitrogens with one attached hydrogen (secondary N) is 1. The van der Waals surface area contributed by atoms with Crippen LogP contribution in [0.3, 0.4) is 0 Å². The SMILES string of the molecule is CCCC(C)NC(=O)Cn1ccnc1CC. The fourth-order valence-electron chi connectivity index (χ4n) is 1.78. The first kappa shape index (κ1) is 12.7. The zero-order valence-corrected chi connectivity index (χ0v) is 10.4. The highest BCUT2D eigenvalue weighted by molar-refractivity contribution is 5.76. The number of nitrogens with zero attached hydrogens (tertiary/aromatic N) is 2. The van der Waals surface area contributed by atoms with Crippen molar-refractivity contribution in [3.8, 4) is 0 Å². The minimum atomic E-state index is 0.0636. The van der Waals surface area contributed by atoms with Gasteiger partial charge in [-0.2, -0.15) is 0 Å². The third-order valence-corrected chi connectivity index (χ3v) is 2.56. The summed E-state index contributed by atoms with van der Waals surface area (Å²) in [7, 11) is 0. The van der Waals surface area contributed by atoms with Crippen LogP contribution in [-0.4, -0.2) is 21.5 Å². The summed E-state index contributed by atoms with van der Waals surface area (Å²) in [6.45, 7) is 6.57. The van der Waals surface area contributed by atoms with Crippen LogP contribution in [0.25, 0.3) is 0 Å². The molecule has 4 nitrogen and oxygen atoms in total. The lowest BCUT2D eigenvalue weighted by Gasteiger charge is -2.13. The number of aryl methyl sites for hydroxylation is 1. The van der Waals surface area contributed by atoms with E-state index in [1.807, 2.05) is 24.6 Å². The Kier molecular flexibility index (Phi) is 5.02. The second-order valence-corrected chi connectivity index (χ2v) is 4.08. The number of carbonyl (C=O) groups is 1. The number of carbonyl (C=O) groups excluding carboxylic acids is 1. The molecule has 1 atom stereocenters. The summed E-state index contributed by atoms with van der Waals surface area (Å²) in [6.07, 6.45) is 6.55. The quantitative estimate of drug-likeness (QED) is 0.798. The monoisotopic (exact) mass is 223 g/mol. The molecule has 0 saturated heterocycles. The lowest BCUT2D eigenvalue weighted by Crippen LogP contribution is -2.35. The first-order chi connectivity index (χ1) is 7.67. The van der Waals surface area contributed by atoms with Gasteiger partial charge in [-0.3, -0.25) is 4.79 Å². The minimum Gasteiger partial charge on any atom is -0.352 e. The molecular formula is C12H21N3O. The highest BCUT2D eigenvalue weighted by Crippen LogP contribution is 1.99. The van der Waals surface area contributed by atoms with Gasteiger partial charge in [0, 0.05) is 24.9 Å². The van der Waals surface area contributed by atoms with Crippen molar-refractivity contribution >= 4 is 5.91 Å². The van der Waals surface area contributed by atoms with Crippen molar-refractivity contribution in [2.45, 2.75) is 52.6 Å². The molecule has 0 spiro atoms. The van der Waals surface area contributed by atoms with Crippen LogP contribution in [0.5, 0.6) is 0 Å². The second-order valence-electron chi connectivity index (χ2n) is 4.08. The molecule has 0 aliphatic carbocycles. The third kappa shape index (κ3) is 3.68. The van der Waals surface area contributed by atoms with Gasteiger partial charge in [0.1, 0.15) is 12.4 Å². The van der Waals surface area contributed by atoms with Gasteiger partial charge in [0.05, 0.1) is 0 Å². The Bertz CT molecular complexity index is 333. The lowest BCUT2D eigenvalue weighted by atomic mass is 10.2. The Balaban J connectivity index is 2.45. The third-order valence-electron chi connectivity index (χ3n) is 2.56. The van der Waals surface area contributed by atoms with Crippen molar-refractivity contribution < 1.29 is 4.79 Å². The normalized spacial score (nSPS) is 12.4. The van der Waals surface area contributed by atoms with Crippen molar-refractivity contribution in [2.24, 2.45) is 0 Å². The molecule has 0 fully saturated rings. The summed E-state index contributed by atoms with van der Waals surface area (Å²) < 4.78 is 1.90. The first-order valence-electron chi connectivity index (χ1n) is 5.96. The van der Waals surface area contributed by atoms with E-state index in [1.54, 1.807) is 6.20 Å². The van der Waals surface area contributed by atoms with E-state index in [-0.39, 0.29) is 11.9 Å². The van der Waals surface area contributed by atoms with Crippen molar-refractivity contribution in [3.05, 3.63) is 18.2 Å². The molecule has 0 saturated carbocycles. The molecule has 1 aromatic heterocycles. The van der Waals surface area contributed by atoms with Crippen molar-refractivity contribution in [2.75, 3.05) is 0 Å². The van der Waals surface area contributed by atoms with E-state index in [2.05, 4.69) is 17.2 Å². The van der Waals surface area contributed by atoms with E-state index in [1.165, 1.54) is 0 Å². The maximum atomic E-state index is 11.7. The molecule has 0 radical (unpaired) electrons. The van der Waals surface area contributed by atoms with E-state index in [0.717, 1.165) is 25.1 Å². The van der Waals surface area contributed by atoms with E-state index >= 15 is 0 Å². The van der Waals surface area contributed by atoms with E-state index < -0.39 is 0 Å². The van der Waals surface area contributed by atoms with E-state index in [0.29, 0.717) is 6.54 Å². The minimum absolute atomic E-state index is 0.0636. The number of hydrogen-bond acceptors (Lipinski definition) is 2. The number of hydrogen-bond donors (Lipinski definition) is 1. The topological polar surface area (TPSA) is 46.9 Å². The van der Waals surface area contributed by atoms with Crippen molar-refractivity contribution in [3.63, 3.8) is 0 Å². The lowest BCUT2D eigenvalue weighted by molar-refractivity contribution is -0.122. The van der Waals surface area contributed by atoms with Crippen LogP contribution in [0.15, 0.2) is 12.4 Å². The Morgan fingerprint density at radius 3 is 2.94 bits per heavy atom. The predicted molar refractivity (Wildman–Crippen MR) is 64.1 cm³/mol. The number of amides is 1. The van der Waals surface area contributed by atoms with Crippen LogP contribution in [0.2, 0.25) is 0 Å². The van der Waals surface area contributed by atoms with Gasteiger partial charge in [-0.25, -0.2) is 4.98 Å². The molecule has 1 heterocycles. The molecule has 1 N–H and O–H groups in total. The van der Waals surface area contributed by atoms with Gasteiger partial charge in [-0.1, -0.05) is 20.3 Å². The van der Waals surface area contributed by atoms with Crippen molar-refractivity contribution in [1.29, 1.82) is 0 Å². The maximum Gasteiger partial charge on any atom is 0.240 e. The summed E-state index contributed by atoms with van der Waals surface area (Å²) in [6, 6.07) is 0.256. The number of rotatable bonds is 6. The van der Waals surface area contributed by atoms with E-state index in [4.69, 9.17) is 0 Å². The summed E-state index contributed by atoms with van der Waals surface area (Å²) >= 11 is 0.